The lowest BCUT2D eigenvalue weighted by molar-refractivity contribution is 0.0795. The molecule has 10 heteroatoms. The van der Waals surface area contributed by atoms with Gasteiger partial charge in [-0.1, -0.05) is 56.4 Å². The number of pyridine rings is 1. The van der Waals surface area contributed by atoms with Crippen LogP contribution in [0.5, 0.6) is 5.75 Å². The van der Waals surface area contributed by atoms with Gasteiger partial charge in [-0.05, 0) is 90.3 Å². The highest BCUT2D eigenvalue weighted by molar-refractivity contribution is 7.19. The van der Waals surface area contributed by atoms with Crippen molar-refractivity contribution in [3.8, 4) is 16.9 Å². The number of piperidine rings is 1. The van der Waals surface area contributed by atoms with E-state index >= 15 is 0 Å². The minimum Gasteiger partial charge on any atom is -0.503 e. The average molecular weight is 635 g/mol. The molecule has 4 aromatic rings. The van der Waals surface area contributed by atoms with E-state index in [0.717, 1.165) is 85.5 Å². The fourth-order valence-electron chi connectivity index (χ4n) is 6.49. The minimum absolute atomic E-state index is 0.220. The summed E-state index contributed by atoms with van der Waals surface area (Å²) >= 11 is 1.31. The monoisotopic (exact) mass is 634 g/mol. The van der Waals surface area contributed by atoms with Crippen molar-refractivity contribution < 1.29 is 23.8 Å². The van der Waals surface area contributed by atoms with E-state index in [1.807, 2.05) is 12.1 Å². The number of carbonyl (C=O) groups excluding carboxylic acids is 1. The van der Waals surface area contributed by atoms with Crippen LogP contribution in [0.2, 0.25) is 0 Å². The highest BCUT2D eigenvalue weighted by Gasteiger charge is 2.30. The summed E-state index contributed by atoms with van der Waals surface area (Å²) in [5, 5.41) is 23.0. The molecule has 45 heavy (non-hydrogen) atoms. The molecule has 0 radical (unpaired) electrons. The van der Waals surface area contributed by atoms with Gasteiger partial charge < -0.3 is 20.4 Å². The zero-order chi connectivity index (χ0) is 31.9. The Hall–Kier alpha value is -3.47. The lowest BCUT2D eigenvalue weighted by Gasteiger charge is -2.34. The summed E-state index contributed by atoms with van der Waals surface area (Å²) in [6.07, 6.45) is 4.83. The summed E-state index contributed by atoms with van der Waals surface area (Å²) < 4.78 is 28.0. The second-order valence-electron chi connectivity index (χ2n) is 13.5. The van der Waals surface area contributed by atoms with E-state index in [1.54, 1.807) is 12.1 Å². The number of carbonyl (C=O) groups is 1. The first kappa shape index (κ1) is 31.5. The third-order valence-corrected chi connectivity index (χ3v) is 10.4. The molecule has 3 N–H and O–H groups in total. The van der Waals surface area contributed by atoms with Crippen LogP contribution in [0.1, 0.15) is 79.1 Å². The number of aryl methyl sites for hydroxylation is 1. The number of aromatic hydroxyl groups is 1. The number of nitrogens with zero attached hydrogens (tertiary/aromatic N) is 3. The van der Waals surface area contributed by atoms with Crippen LogP contribution in [0.25, 0.3) is 21.5 Å². The van der Waals surface area contributed by atoms with Crippen LogP contribution in [0.4, 0.5) is 8.78 Å². The Morgan fingerprint density at radius 2 is 1.73 bits per heavy atom. The molecule has 238 valence electrons. The lowest BCUT2D eigenvalue weighted by atomic mass is 9.71. The number of aromatic nitrogens is 2. The summed E-state index contributed by atoms with van der Waals surface area (Å²) in [4.78, 5) is 26.3. The predicted molar refractivity (Wildman–Crippen MR) is 172 cm³/mol. The van der Waals surface area contributed by atoms with Crippen LogP contribution in [-0.4, -0.2) is 56.7 Å². The predicted octanol–water partition coefficient (Wildman–Crippen LogP) is 6.81. The largest absolute Gasteiger partial charge is 0.503 e. The molecule has 2 atom stereocenters. The topological polar surface area (TPSA) is 98.6 Å². The number of hydrogen-bond donors (Lipinski definition) is 3. The Morgan fingerprint density at radius 1 is 1.04 bits per heavy atom. The van der Waals surface area contributed by atoms with Crippen LogP contribution >= 0.6 is 11.3 Å². The molecule has 0 spiro atoms. The van der Waals surface area contributed by atoms with Crippen LogP contribution in [-0.2, 0) is 12.8 Å². The molecule has 2 aliphatic rings. The Bertz CT molecular complexity index is 1670. The molecule has 0 bridgehead atoms. The van der Waals surface area contributed by atoms with Crippen molar-refractivity contribution in [3.05, 3.63) is 75.9 Å². The Labute approximate surface area is 266 Å². The summed E-state index contributed by atoms with van der Waals surface area (Å²) in [5.41, 5.74) is 5.05. The highest BCUT2D eigenvalue weighted by Crippen LogP contribution is 2.38. The van der Waals surface area contributed by atoms with Gasteiger partial charge in [-0.15, -0.1) is 0 Å². The summed E-state index contributed by atoms with van der Waals surface area (Å²) in [7, 11) is 0. The maximum atomic E-state index is 14.0. The van der Waals surface area contributed by atoms with Crippen molar-refractivity contribution in [1.29, 1.82) is 0 Å². The number of phenols is 1. The Balaban J connectivity index is 1.23. The molecule has 6 rings (SSSR count). The zero-order valence-electron chi connectivity index (χ0n) is 25.9. The molecule has 2 aromatic carbocycles. The van der Waals surface area contributed by atoms with E-state index < -0.39 is 17.4 Å². The number of aliphatic hydroxyl groups is 1. The number of fused-ring (bicyclic) bond motifs is 2. The third kappa shape index (κ3) is 7.03. The first-order valence-electron chi connectivity index (χ1n) is 15.7. The Morgan fingerprint density at radius 3 is 2.40 bits per heavy atom. The van der Waals surface area contributed by atoms with Crippen molar-refractivity contribution in [3.63, 3.8) is 0 Å². The number of amides is 1. The van der Waals surface area contributed by atoms with Crippen LogP contribution in [0.3, 0.4) is 0 Å². The van der Waals surface area contributed by atoms with E-state index in [1.165, 1.54) is 16.9 Å². The van der Waals surface area contributed by atoms with Gasteiger partial charge >= 0.3 is 0 Å². The summed E-state index contributed by atoms with van der Waals surface area (Å²) in [5.74, 6) is -2.73. The number of thiazole rings is 1. The van der Waals surface area contributed by atoms with E-state index in [4.69, 9.17) is 9.97 Å². The normalized spacial score (nSPS) is 18.6. The van der Waals surface area contributed by atoms with E-state index in [2.05, 4.69) is 37.1 Å². The van der Waals surface area contributed by atoms with E-state index in [-0.39, 0.29) is 23.5 Å². The number of hydrogen-bond acceptors (Lipinski definition) is 7. The van der Waals surface area contributed by atoms with Gasteiger partial charge in [0, 0.05) is 25.3 Å². The van der Waals surface area contributed by atoms with Gasteiger partial charge in [0.15, 0.2) is 22.4 Å². The number of likely N-dealkylation sites (tertiary alicyclic amines) is 1. The van der Waals surface area contributed by atoms with Gasteiger partial charge in [-0.3, -0.25) is 4.79 Å². The fraction of sp³-hybridized carbons (Fsp3) is 0.457. The molecule has 1 saturated heterocycles. The maximum Gasteiger partial charge on any atom is 0.280 e. The molecular weight excluding hydrogens is 594 g/mol. The third-order valence-electron chi connectivity index (χ3n) is 9.43. The second-order valence-corrected chi connectivity index (χ2v) is 14.5. The molecule has 0 unspecified atom stereocenters. The van der Waals surface area contributed by atoms with E-state index in [9.17, 15) is 23.8 Å². The summed E-state index contributed by atoms with van der Waals surface area (Å²) in [6, 6.07) is 11.2. The fourth-order valence-corrected chi connectivity index (χ4v) is 7.33. The molecular formula is C35H40F2N4O3S. The smallest absolute Gasteiger partial charge is 0.280 e. The number of phenolic OH excluding ortho intramolecular Hbond substituents is 1. The molecule has 0 saturated carbocycles. The first-order valence-corrected chi connectivity index (χ1v) is 16.5. The number of halogens is 2. The maximum absolute atomic E-state index is 14.0. The quantitative estimate of drug-likeness (QED) is 0.207. The molecule has 1 fully saturated rings. The lowest BCUT2D eigenvalue weighted by Crippen LogP contribution is -2.38. The van der Waals surface area contributed by atoms with Gasteiger partial charge in [-0.25, -0.2) is 18.7 Å². The van der Waals surface area contributed by atoms with Gasteiger partial charge in [0.25, 0.3) is 5.91 Å². The highest BCUT2D eigenvalue weighted by atomic mass is 32.1. The first-order chi connectivity index (χ1) is 21.4. The molecule has 2 aromatic heterocycles. The Kier molecular flexibility index (Phi) is 8.91. The van der Waals surface area contributed by atoms with Crippen molar-refractivity contribution in [1.82, 2.24) is 20.2 Å². The van der Waals surface area contributed by atoms with Gasteiger partial charge in [-0.2, -0.15) is 0 Å². The molecule has 1 aliphatic carbocycles. The van der Waals surface area contributed by atoms with Crippen LogP contribution in [0.15, 0.2) is 42.5 Å². The van der Waals surface area contributed by atoms with Crippen LogP contribution < -0.4 is 5.32 Å². The number of aliphatic hydroxyl groups excluding tert-OH is 1. The standard InChI is InChI=1S/C35H40F2N4O3S/c1-35(2,3)24-8-9-28-23(16-24)19-30-33(39-28)45-34(40-30)32(44)38-29(12-15-41-13-10-25(42)11-14-41)21-6-4-20(5-7-21)22-17-26(36)31(43)27(37)18-22/h4-7,17-19,24-25,29,42-43H,8-16H2,1-3H3,(H,38,44)/t24-,29+/m0/s1. The van der Waals surface area contributed by atoms with Crippen molar-refractivity contribution in [2.75, 3.05) is 19.6 Å². The average Bonchev–Trinajstić information content (AvgIpc) is 3.43. The van der Waals surface area contributed by atoms with Gasteiger partial charge in [0.05, 0.1) is 12.1 Å². The molecule has 1 amide bonds. The van der Waals surface area contributed by atoms with Crippen molar-refractivity contribution in [2.24, 2.45) is 11.3 Å². The zero-order valence-corrected chi connectivity index (χ0v) is 26.8. The van der Waals surface area contributed by atoms with Crippen molar-refractivity contribution >= 4 is 27.6 Å². The minimum atomic E-state index is -1.02. The molecule has 1 aliphatic heterocycles. The summed E-state index contributed by atoms with van der Waals surface area (Å²) in [6.45, 7) is 9.17. The number of benzene rings is 2. The number of nitrogens with one attached hydrogen (secondary N) is 1. The van der Waals surface area contributed by atoms with E-state index in [0.29, 0.717) is 28.5 Å². The second kappa shape index (κ2) is 12.7. The van der Waals surface area contributed by atoms with Gasteiger partial charge in [0.1, 0.15) is 10.3 Å². The number of rotatable bonds is 7. The van der Waals surface area contributed by atoms with Crippen molar-refractivity contribution in [2.45, 2.75) is 71.4 Å². The SMILES string of the molecule is CC(C)(C)[C@H]1CCc2nc3sc(C(=O)N[C@H](CCN4CCC(O)CC4)c4ccc(-c5cc(F)c(O)c(F)c5)cc4)nc3cc2C1. The molecule has 3 heterocycles. The van der Waals surface area contributed by atoms with Crippen LogP contribution in [0, 0.1) is 23.0 Å². The van der Waals surface area contributed by atoms with Gasteiger partial charge in [0.2, 0.25) is 0 Å². The molecule has 7 nitrogen and oxygen atoms in total.